The van der Waals surface area contributed by atoms with E-state index in [4.69, 9.17) is 5.73 Å². The molecule has 0 unspecified atom stereocenters. The van der Waals surface area contributed by atoms with Crippen LogP contribution in [0, 0.1) is 0 Å². The average Bonchev–Trinajstić information content (AvgIpc) is 2.88. The van der Waals surface area contributed by atoms with Crippen LogP contribution in [0.5, 0.6) is 0 Å². The van der Waals surface area contributed by atoms with Crippen LogP contribution in [0.25, 0.3) is 0 Å². The quantitative estimate of drug-likeness (QED) is 0.841. The van der Waals surface area contributed by atoms with Gasteiger partial charge in [-0.05, 0) is 49.3 Å². The molecule has 1 aromatic rings. The van der Waals surface area contributed by atoms with Crippen molar-refractivity contribution in [1.29, 1.82) is 0 Å². The van der Waals surface area contributed by atoms with Crippen molar-refractivity contribution in [3.63, 3.8) is 0 Å². The highest BCUT2D eigenvalue weighted by atomic mass is 16.1. The highest BCUT2D eigenvalue weighted by Gasteiger charge is 2.20. The molecule has 19 heavy (non-hydrogen) atoms. The van der Waals surface area contributed by atoms with Crippen molar-refractivity contribution in [2.45, 2.75) is 38.1 Å². The Hall–Kier alpha value is -1.19. The van der Waals surface area contributed by atoms with Gasteiger partial charge >= 0.3 is 0 Å². The second kappa shape index (κ2) is 5.43. The zero-order chi connectivity index (χ0) is 13.2. The van der Waals surface area contributed by atoms with E-state index in [2.05, 4.69) is 17.0 Å². The largest absolute Gasteiger partial charge is 0.328 e. The number of benzene rings is 1. The van der Waals surface area contributed by atoms with Crippen LogP contribution >= 0.6 is 0 Å². The summed E-state index contributed by atoms with van der Waals surface area (Å²) in [7, 11) is 0. The van der Waals surface area contributed by atoms with Crippen LogP contribution in [-0.4, -0.2) is 36.4 Å². The Labute approximate surface area is 114 Å². The Morgan fingerprint density at radius 1 is 1.21 bits per heavy atom. The van der Waals surface area contributed by atoms with Gasteiger partial charge in [0, 0.05) is 24.7 Å². The molecule has 2 aliphatic rings. The number of nitrogens with zero attached hydrogens (tertiary/aromatic N) is 1. The highest BCUT2D eigenvalue weighted by Crippen LogP contribution is 2.23. The molecular formula is C16H22N2O. The van der Waals surface area contributed by atoms with Crippen LogP contribution in [0.15, 0.2) is 18.2 Å². The summed E-state index contributed by atoms with van der Waals surface area (Å²) in [6.07, 6.45) is 5.56. The zero-order valence-corrected chi connectivity index (χ0v) is 11.4. The third-order valence-electron chi connectivity index (χ3n) is 4.42. The number of carbonyl (C=O) groups is 1. The lowest BCUT2D eigenvalue weighted by atomic mass is 10.0. The lowest BCUT2D eigenvalue weighted by Crippen LogP contribution is -2.41. The third-order valence-corrected chi connectivity index (χ3v) is 4.42. The first-order chi connectivity index (χ1) is 9.22. The number of hydrogen-bond donors (Lipinski definition) is 1. The standard InChI is InChI=1S/C16H22N2O/c17-15-6-8-18(9-7-15)11-16(19)14-5-4-12-2-1-3-13(12)10-14/h4-5,10,15H,1-3,6-9,11,17H2. The minimum absolute atomic E-state index is 0.255. The van der Waals surface area contributed by atoms with Crippen LogP contribution in [-0.2, 0) is 12.8 Å². The van der Waals surface area contributed by atoms with Gasteiger partial charge in [-0.2, -0.15) is 0 Å². The van der Waals surface area contributed by atoms with E-state index < -0.39 is 0 Å². The summed E-state index contributed by atoms with van der Waals surface area (Å²) in [5, 5.41) is 0. The molecule has 1 saturated heterocycles. The van der Waals surface area contributed by atoms with Crippen molar-refractivity contribution in [1.82, 2.24) is 4.90 Å². The summed E-state index contributed by atoms with van der Waals surface area (Å²) in [6.45, 7) is 2.46. The van der Waals surface area contributed by atoms with Crippen molar-refractivity contribution in [3.05, 3.63) is 34.9 Å². The number of rotatable bonds is 3. The van der Waals surface area contributed by atoms with E-state index in [0.29, 0.717) is 12.6 Å². The monoisotopic (exact) mass is 258 g/mol. The van der Waals surface area contributed by atoms with Gasteiger partial charge < -0.3 is 5.73 Å². The number of ketones is 1. The summed E-state index contributed by atoms with van der Waals surface area (Å²) in [5.41, 5.74) is 9.59. The van der Waals surface area contributed by atoms with E-state index in [1.807, 2.05) is 6.07 Å². The molecule has 2 N–H and O–H groups in total. The number of piperidine rings is 1. The maximum absolute atomic E-state index is 12.3. The topological polar surface area (TPSA) is 46.3 Å². The molecular weight excluding hydrogens is 236 g/mol. The fourth-order valence-corrected chi connectivity index (χ4v) is 3.15. The molecule has 0 radical (unpaired) electrons. The second-order valence-corrected chi connectivity index (χ2v) is 5.87. The molecule has 102 valence electrons. The molecule has 0 amide bonds. The molecule has 3 heteroatoms. The summed E-state index contributed by atoms with van der Waals surface area (Å²) >= 11 is 0. The molecule has 1 heterocycles. The maximum Gasteiger partial charge on any atom is 0.176 e. The van der Waals surface area contributed by atoms with Crippen molar-refractivity contribution in [2.24, 2.45) is 5.73 Å². The first-order valence-corrected chi connectivity index (χ1v) is 7.35. The third kappa shape index (κ3) is 2.88. The fourth-order valence-electron chi connectivity index (χ4n) is 3.15. The Balaban J connectivity index is 1.64. The van der Waals surface area contributed by atoms with E-state index >= 15 is 0 Å². The molecule has 0 saturated carbocycles. The van der Waals surface area contributed by atoms with Crippen molar-refractivity contribution in [2.75, 3.05) is 19.6 Å². The summed E-state index contributed by atoms with van der Waals surface area (Å²) in [4.78, 5) is 14.6. The number of hydrogen-bond acceptors (Lipinski definition) is 3. The maximum atomic E-state index is 12.3. The van der Waals surface area contributed by atoms with Gasteiger partial charge in [0.25, 0.3) is 0 Å². The average molecular weight is 258 g/mol. The number of nitrogens with two attached hydrogens (primary N) is 1. The van der Waals surface area contributed by atoms with E-state index in [0.717, 1.165) is 37.9 Å². The first kappa shape index (κ1) is 12.8. The predicted octanol–water partition coefficient (Wildman–Crippen LogP) is 1.78. The lowest BCUT2D eigenvalue weighted by molar-refractivity contribution is 0.0910. The van der Waals surface area contributed by atoms with E-state index in [-0.39, 0.29) is 5.78 Å². The van der Waals surface area contributed by atoms with Crippen LogP contribution < -0.4 is 5.73 Å². The molecule has 1 aliphatic carbocycles. The van der Waals surface area contributed by atoms with Gasteiger partial charge in [-0.25, -0.2) is 0 Å². The van der Waals surface area contributed by atoms with Gasteiger partial charge in [-0.3, -0.25) is 9.69 Å². The Bertz CT molecular complexity index is 476. The van der Waals surface area contributed by atoms with Crippen LogP contribution in [0.4, 0.5) is 0 Å². The minimum Gasteiger partial charge on any atom is -0.328 e. The second-order valence-electron chi connectivity index (χ2n) is 5.87. The number of likely N-dealkylation sites (tertiary alicyclic amines) is 1. The first-order valence-electron chi connectivity index (χ1n) is 7.35. The summed E-state index contributed by atoms with van der Waals surface area (Å²) in [6, 6.07) is 6.58. The Kier molecular flexibility index (Phi) is 3.67. The molecule has 0 spiro atoms. The Morgan fingerprint density at radius 2 is 1.95 bits per heavy atom. The van der Waals surface area contributed by atoms with Crippen LogP contribution in [0.3, 0.4) is 0 Å². The van der Waals surface area contributed by atoms with Crippen molar-refractivity contribution >= 4 is 5.78 Å². The number of fused-ring (bicyclic) bond motifs is 1. The molecule has 0 aromatic heterocycles. The fraction of sp³-hybridized carbons (Fsp3) is 0.562. The van der Waals surface area contributed by atoms with Gasteiger partial charge in [0.05, 0.1) is 6.54 Å². The van der Waals surface area contributed by atoms with Crippen molar-refractivity contribution in [3.8, 4) is 0 Å². The van der Waals surface area contributed by atoms with E-state index in [9.17, 15) is 4.79 Å². The van der Waals surface area contributed by atoms with Gasteiger partial charge in [-0.15, -0.1) is 0 Å². The van der Waals surface area contributed by atoms with Gasteiger partial charge in [-0.1, -0.05) is 12.1 Å². The summed E-state index contributed by atoms with van der Waals surface area (Å²) in [5.74, 6) is 0.255. The van der Waals surface area contributed by atoms with Gasteiger partial charge in [0.1, 0.15) is 0 Å². The predicted molar refractivity (Wildman–Crippen MR) is 76.4 cm³/mol. The number of aryl methyl sites for hydroxylation is 2. The highest BCUT2D eigenvalue weighted by molar-refractivity contribution is 5.97. The van der Waals surface area contributed by atoms with Gasteiger partial charge in [0.15, 0.2) is 5.78 Å². The number of carbonyl (C=O) groups excluding carboxylic acids is 1. The van der Waals surface area contributed by atoms with Crippen LogP contribution in [0.2, 0.25) is 0 Å². The molecule has 1 aromatic carbocycles. The van der Waals surface area contributed by atoms with E-state index in [1.54, 1.807) is 0 Å². The van der Waals surface area contributed by atoms with Gasteiger partial charge in [0.2, 0.25) is 0 Å². The molecule has 0 bridgehead atoms. The van der Waals surface area contributed by atoms with E-state index in [1.165, 1.54) is 24.0 Å². The molecule has 1 fully saturated rings. The molecule has 1 aliphatic heterocycles. The smallest absolute Gasteiger partial charge is 0.176 e. The molecule has 3 rings (SSSR count). The SMILES string of the molecule is NC1CCN(CC(=O)c2ccc3c(c2)CCC3)CC1. The lowest BCUT2D eigenvalue weighted by Gasteiger charge is -2.29. The molecule has 3 nitrogen and oxygen atoms in total. The number of Topliss-reactive ketones (excluding diaryl/α,β-unsaturated/α-hetero) is 1. The van der Waals surface area contributed by atoms with Crippen LogP contribution in [0.1, 0.15) is 40.7 Å². The normalized spacial score (nSPS) is 20.5. The summed E-state index contributed by atoms with van der Waals surface area (Å²) < 4.78 is 0. The zero-order valence-electron chi connectivity index (χ0n) is 11.4. The Morgan fingerprint density at radius 3 is 2.74 bits per heavy atom. The van der Waals surface area contributed by atoms with Crippen molar-refractivity contribution < 1.29 is 4.79 Å². The molecule has 0 atom stereocenters. The minimum atomic E-state index is 0.255.